The molecule has 0 aromatic heterocycles. The Morgan fingerprint density at radius 3 is 2.66 bits per heavy atom. The number of hydrogen-bond acceptors (Lipinski definition) is 5. The van der Waals surface area contributed by atoms with Crippen molar-refractivity contribution in [1.29, 1.82) is 0 Å². The highest BCUT2D eigenvalue weighted by Gasteiger charge is 2.29. The van der Waals surface area contributed by atoms with Gasteiger partial charge in [0.2, 0.25) is 5.78 Å². The molecule has 3 aromatic carbocycles. The van der Waals surface area contributed by atoms with Crippen LogP contribution in [0.3, 0.4) is 0 Å². The fourth-order valence-electron chi connectivity index (χ4n) is 3.59. The molecule has 0 amide bonds. The van der Waals surface area contributed by atoms with Crippen molar-refractivity contribution in [3.8, 4) is 17.2 Å². The van der Waals surface area contributed by atoms with Gasteiger partial charge >= 0.3 is 5.97 Å². The van der Waals surface area contributed by atoms with Crippen molar-refractivity contribution in [2.75, 3.05) is 0 Å². The molecule has 2 heterocycles. The van der Waals surface area contributed by atoms with Crippen LogP contribution in [0.25, 0.3) is 6.08 Å². The number of ketones is 1. The highest BCUT2D eigenvalue weighted by molar-refractivity contribution is 6.33. The van der Waals surface area contributed by atoms with Gasteiger partial charge in [-0.25, -0.2) is 4.79 Å². The summed E-state index contributed by atoms with van der Waals surface area (Å²) in [6.07, 6.45) is 3.44. The molecular weight excluding hydrogens is 428 g/mol. The zero-order valence-corrected chi connectivity index (χ0v) is 17.8. The lowest BCUT2D eigenvalue weighted by Gasteiger charge is -2.22. The zero-order chi connectivity index (χ0) is 22.2. The molecular formula is C26H17ClO5. The van der Waals surface area contributed by atoms with E-state index >= 15 is 0 Å². The first-order valence-corrected chi connectivity index (χ1v) is 10.4. The molecule has 0 unspecified atom stereocenters. The second-order valence-electron chi connectivity index (χ2n) is 7.41. The summed E-state index contributed by atoms with van der Waals surface area (Å²) in [6.45, 7) is 1.91. The highest BCUT2D eigenvalue weighted by Crippen LogP contribution is 2.36. The van der Waals surface area contributed by atoms with Gasteiger partial charge in [-0.3, -0.25) is 4.79 Å². The summed E-state index contributed by atoms with van der Waals surface area (Å²) in [5.41, 5.74) is 2.42. The monoisotopic (exact) mass is 444 g/mol. The first-order valence-electron chi connectivity index (χ1n) is 10.0. The minimum Gasteiger partial charge on any atom is -0.485 e. The summed E-state index contributed by atoms with van der Waals surface area (Å²) < 4.78 is 17.2. The molecule has 32 heavy (non-hydrogen) atoms. The quantitative estimate of drug-likeness (QED) is 0.286. The maximum Gasteiger partial charge on any atom is 0.345 e. The second-order valence-corrected chi connectivity index (χ2v) is 7.82. The van der Waals surface area contributed by atoms with E-state index in [1.54, 1.807) is 42.5 Å². The minimum atomic E-state index is -0.590. The fraction of sp³-hybridized carbons (Fsp3) is 0.0769. The van der Waals surface area contributed by atoms with Gasteiger partial charge in [0.1, 0.15) is 23.4 Å². The molecule has 0 aliphatic carbocycles. The molecule has 1 atom stereocenters. The third kappa shape index (κ3) is 3.67. The number of ether oxygens (including phenoxy) is 3. The lowest BCUT2D eigenvalue weighted by Crippen LogP contribution is -2.18. The van der Waals surface area contributed by atoms with Gasteiger partial charge in [0.05, 0.1) is 16.1 Å². The normalized spacial score (nSPS) is 17.7. The third-order valence-corrected chi connectivity index (χ3v) is 5.59. The Morgan fingerprint density at radius 2 is 1.81 bits per heavy atom. The Bertz CT molecular complexity index is 1320. The Labute approximate surface area is 189 Å². The minimum absolute atomic E-state index is 0.190. The molecule has 0 spiro atoms. The molecule has 2 aliphatic rings. The first kappa shape index (κ1) is 20.1. The van der Waals surface area contributed by atoms with Gasteiger partial charge in [-0.05, 0) is 55.0 Å². The number of halogens is 1. The second kappa shape index (κ2) is 8.02. The van der Waals surface area contributed by atoms with Gasteiger partial charge in [-0.15, -0.1) is 0 Å². The van der Waals surface area contributed by atoms with Crippen molar-refractivity contribution in [3.63, 3.8) is 0 Å². The summed E-state index contributed by atoms with van der Waals surface area (Å²) in [5, 5.41) is 0.300. The number of fused-ring (bicyclic) bond motifs is 2. The average Bonchev–Trinajstić information content (AvgIpc) is 3.09. The van der Waals surface area contributed by atoms with Crippen molar-refractivity contribution >= 4 is 29.4 Å². The molecule has 2 aliphatic heterocycles. The standard InChI is InChI=1S/C26H17ClO5/c1-15-17(12-16-6-2-5-9-22(16)30-15)13-24-25(28)20-11-10-18(14-23(20)32-24)31-26(29)19-7-3-4-8-21(19)27/h2-15H,1H3/t15-/m0/s1. The van der Waals surface area contributed by atoms with E-state index in [0.717, 1.165) is 16.9 Å². The summed E-state index contributed by atoms with van der Waals surface area (Å²) in [6, 6.07) is 19.0. The molecule has 0 N–H and O–H groups in total. The Hall–Kier alpha value is -3.83. The average molecular weight is 445 g/mol. The van der Waals surface area contributed by atoms with Gasteiger partial charge < -0.3 is 14.2 Å². The van der Waals surface area contributed by atoms with Crippen molar-refractivity contribution in [1.82, 2.24) is 0 Å². The molecule has 5 nitrogen and oxygen atoms in total. The molecule has 0 bridgehead atoms. The number of benzene rings is 3. The number of para-hydroxylation sites is 1. The van der Waals surface area contributed by atoms with Gasteiger partial charge in [-0.1, -0.05) is 41.9 Å². The van der Waals surface area contributed by atoms with Crippen LogP contribution in [0.15, 0.2) is 84.1 Å². The number of Topliss-reactive ketones (excluding diaryl/α,β-unsaturated/α-hetero) is 1. The summed E-state index contributed by atoms with van der Waals surface area (Å²) >= 11 is 6.06. The number of allylic oxidation sites excluding steroid dienone is 1. The van der Waals surface area contributed by atoms with Crippen LogP contribution in [0.2, 0.25) is 5.02 Å². The molecule has 0 fully saturated rings. The van der Waals surface area contributed by atoms with Crippen LogP contribution in [0.1, 0.15) is 33.2 Å². The van der Waals surface area contributed by atoms with E-state index in [2.05, 4.69) is 0 Å². The maximum atomic E-state index is 12.8. The van der Waals surface area contributed by atoms with Crippen LogP contribution in [-0.2, 0) is 0 Å². The topological polar surface area (TPSA) is 61.8 Å². The predicted octanol–water partition coefficient (Wildman–Crippen LogP) is 5.88. The van der Waals surface area contributed by atoms with Gasteiger partial charge in [0.25, 0.3) is 0 Å². The third-order valence-electron chi connectivity index (χ3n) is 5.26. The van der Waals surface area contributed by atoms with E-state index in [1.807, 2.05) is 37.3 Å². The zero-order valence-electron chi connectivity index (χ0n) is 17.0. The SMILES string of the molecule is C[C@@H]1Oc2ccccc2C=C1C=C1Oc2cc(OC(=O)c3ccccc3Cl)ccc2C1=O. The smallest absolute Gasteiger partial charge is 0.345 e. The van der Waals surface area contributed by atoms with Crippen LogP contribution >= 0.6 is 11.6 Å². The lowest BCUT2D eigenvalue weighted by molar-refractivity contribution is 0.0734. The Morgan fingerprint density at radius 1 is 1.03 bits per heavy atom. The number of rotatable bonds is 3. The van der Waals surface area contributed by atoms with Crippen LogP contribution in [0.5, 0.6) is 17.2 Å². The number of hydrogen-bond donors (Lipinski definition) is 0. The molecule has 0 saturated heterocycles. The summed E-state index contributed by atoms with van der Waals surface area (Å²) in [5.74, 6) is 0.745. The summed E-state index contributed by atoms with van der Waals surface area (Å²) in [7, 11) is 0. The maximum absolute atomic E-state index is 12.8. The van der Waals surface area contributed by atoms with E-state index in [9.17, 15) is 9.59 Å². The van der Waals surface area contributed by atoms with E-state index in [1.165, 1.54) is 6.07 Å². The van der Waals surface area contributed by atoms with Crippen LogP contribution in [0, 0.1) is 0 Å². The van der Waals surface area contributed by atoms with Gasteiger partial charge in [-0.2, -0.15) is 0 Å². The van der Waals surface area contributed by atoms with Crippen LogP contribution < -0.4 is 14.2 Å². The van der Waals surface area contributed by atoms with Crippen molar-refractivity contribution in [2.45, 2.75) is 13.0 Å². The van der Waals surface area contributed by atoms with E-state index < -0.39 is 5.97 Å². The van der Waals surface area contributed by atoms with Gasteiger partial charge in [0.15, 0.2) is 5.76 Å². The number of carbonyl (C=O) groups excluding carboxylic acids is 2. The molecule has 0 radical (unpaired) electrons. The van der Waals surface area contributed by atoms with Crippen LogP contribution in [-0.4, -0.2) is 17.9 Å². The van der Waals surface area contributed by atoms with Crippen LogP contribution in [0.4, 0.5) is 0 Å². The molecule has 0 saturated carbocycles. The molecule has 3 aromatic rings. The van der Waals surface area contributed by atoms with Gasteiger partial charge in [0, 0.05) is 11.6 Å². The first-order chi connectivity index (χ1) is 15.5. The van der Waals surface area contributed by atoms with E-state index in [4.69, 9.17) is 25.8 Å². The Balaban J connectivity index is 1.39. The van der Waals surface area contributed by atoms with E-state index in [-0.39, 0.29) is 29.0 Å². The Kier molecular flexibility index (Phi) is 5.04. The number of carbonyl (C=O) groups is 2. The fourth-order valence-corrected chi connectivity index (χ4v) is 3.81. The molecule has 158 valence electrons. The van der Waals surface area contributed by atoms with E-state index in [0.29, 0.717) is 16.3 Å². The largest absolute Gasteiger partial charge is 0.485 e. The van der Waals surface area contributed by atoms with Crippen molar-refractivity contribution in [2.24, 2.45) is 0 Å². The molecule has 6 heteroatoms. The number of esters is 1. The molecule has 5 rings (SSSR count). The highest BCUT2D eigenvalue weighted by atomic mass is 35.5. The lowest BCUT2D eigenvalue weighted by atomic mass is 10.0. The van der Waals surface area contributed by atoms with Crippen molar-refractivity contribution < 1.29 is 23.8 Å². The summed E-state index contributed by atoms with van der Waals surface area (Å²) in [4.78, 5) is 25.3. The van der Waals surface area contributed by atoms with Crippen molar-refractivity contribution in [3.05, 3.63) is 106 Å². The predicted molar refractivity (Wildman–Crippen MR) is 120 cm³/mol.